The van der Waals surface area contributed by atoms with Crippen LogP contribution in [0, 0.1) is 0 Å². The topological polar surface area (TPSA) is 56.8 Å². The highest BCUT2D eigenvalue weighted by Gasteiger charge is 2.51. The number of hydrogen-bond donors (Lipinski definition) is 1. The zero-order valence-electron chi connectivity index (χ0n) is 18.3. The Morgan fingerprint density at radius 2 is 1.61 bits per heavy atom. The summed E-state index contributed by atoms with van der Waals surface area (Å²) in [7, 11) is -0.351. The van der Waals surface area contributed by atoms with Gasteiger partial charge in [0.1, 0.15) is 5.60 Å². The first-order valence-corrected chi connectivity index (χ1v) is 10.3. The van der Waals surface area contributed by atoms with E-state index in [0.717, 1.165) is 18.3 Å². The molecule has 1 heterocycles. The average molecular weight is 387 g/mol. The largest absolute Gasteiger partial charge is 0.494 e. The second-order valence-electron chi connectivity index (χ2n) is 10.2. The molecule has 1 saturated carbocycles. The van der Waals surface area contributed by atoms with Gasteiger partial charge in [-0.1, -0.05) is 30.7 Å². The molecule has 1 aliphatic heterocycles. The summed E-state index contributed by atoms with van der Waals surface area (Å²) in [5, 5.41) is 2.96. The highest BCUT2D eigenvalue weighted by Crippen LogP contribution is 2.43. The van der Waals surface area contributed by atoms with Crippen molar-refractivity contribution in [3.8, 4) is 0 Å². The summed E-state index contributed by atoms with van der Waals surface area (Å²) in [5.74, 6) is 0. The molecule has 1 amide bonds. The van der Waals surface area contributed by atoms with Gasteiger partial charge in [0, 0.05) is 12.0 Å². The molecule has 0 atom stereocenters. The van der Waals surface area contributed by atoms with Gasteiger partial charge in [-0.05, 0) is 72.3 Å². The van der Waals surface area contributed by atoms with Crippen LogP contribution in [0.1, 0.15) is 73.3 Å². The molecule has 2 fully saturated rings. The van der Waals surface area contributed by atoms with Crippen LogP contribution in [0.2, 0.25) is 0 Å². The lowest BCUT2D eigenvalue weighted by molar-refractivity contribution is 0.00578. The van der Waals surface area contributed by atoms with Crippen molar-refractivity contribution in [2.75, 3.05) is 6.54 Å². The minimum atomic E-state index is -0.485. The number of ether oxygens (including phenoxy) is 1. The minimum absolute atomic E-state index is 0.00857. The first kappa shape index (κ1) is 21.2. The van der Waals surface area contributed by atoms with Crippen LogP contribution in [0.3, 0.4) is 0 Å². The molecule has 0 radical (unpaired) electrons. The number of benzene rings is 1. The van der Waals surface area contributed by atoms with Crippen LogP contribution in [-0.4, -0.2) is 36.6 Å². The molecular formula is C22H34BNO4. The third kappa shape index (κ3) is 4.23. The van der Waals surface area contributed by atoms with E-state index < -0.39 is 5.60 Å². The molecule has 0 spiro atoms. The minimum Gasteiger partial charge on any atom is -0.444 e. The van der Waals surface area contributed by atoms with Gasteiger partial charge in [0.25, 0.3) is 0 Å². The molecule has 1 aliphatic carbocycles. The Labute approximate surface area is 169 Å². The highest BCUT2D eigenvalue weighted by molar-refractivity contribution is 6.62. The predicted molar refractivity (Wildman–Crippen MR) is 112 cm³/mol. The maximum atomic E-state index is 12.1. The van der Waals surface area contributed by atoms with Crippen molar-refractivity contribution < 1.29 is 18.8 Å². The lowest BCUT2D eigenvalue weighted by Crippen LogP contribution is -2.47. The van der Waals surface area contributed by atoms with Crippen molar-refractivity contribution in [1.29, 1.82) is 0 Å². The van der Waals surface area contributed by atoms with E-state index >= 15 is 0 Å². The Balaban J connectivity index is 1.67. The molecule has 0 unspecified atom stereocenters. The smallest absolute Gasteiger partial charge is 0.444 e. The maximum Gasteiger partial charge on any atom is 0.494 e. The summed E-state index contributed by atoms with van der Waals surface area (Å²) >= 11 is 0. The number of nitrogens with one attached hydrogen (secondary N) is 1. The van der Waals surface area contributed by atoms with E-state index in [1.54, 1.807) is 0 Å². The molecule has 2 aliphatic rings. The van der Waals surface area contributed by atoms with Crippen molar-refractivity contribution in [2.45, 2.75) is 89.9 Å². The zero-order valence-corrected chi connectivity index (χ0v) is 18.3. The zero-order chi connectivity index (χ0) is 20.8. The fourth-order valence-electron chi connectivity index (χ4n) is 3.70. The van der Waals surface area contributed by atoms with Crippen LogP contribution < -0.4 is 10.8 Å². The van der Waals surface area contributed by atoms with Crippen LogP contribution in [0.4, 0.5) is 4.79 Å². The number of hydrogen-bond acceptors (Lipinski definition) is 4. The summed E-state index contributed by atoms with van der Waals surface area (Å²) < 4.78 is 17.7. The van der Waals surface area contributed by atoms with Gasteiger partial charge in [0.15, 0.2) is 0 Å². The molecule has 0 aromatic heterocycles. The summed E-state index contributed by atoms with van der Waals surface area (Å²) in [6.07, 6.45) is 2.96. The molecule has 0 bridgehead atoms. The van der Waals surface area contributed by atoms with E-state index in [4.69, 9.17) is 14.0 Å². The maximum absolute atomic E-state index is 12.1. The van der Waals surface area contributed by atoms with Gasteiger partial charge in [0.2, 0.25) is 0 Å². The SMILES string of the molecule is CC(C)(C)OC(=O)NCC1(c2ccc(B3OC(C)(C)C(C)(C)O3)cc2)CCC1. The van der Waals surface area contributed by atoms with Gasteiger partial charge in [-0.2, -0.15) is 0 Å². The van der Waals surface area contributed by atoms with Gasteiger partial charge in [0.05, 0.1) is 11.2 Å². The Bertz CT molecular complexity index is 701. The number of amides is 1. The third-order valence-corrected chi connectivity index (χ3v) is 6.33. The van der Waals surface area contributed by atoms with Crippen molar-refractivity contribution in [3.05, 3.63) is 29.8 Å². The van der Waals surface area contributed by atoms with E-state index in [0.29, 0.717) is 6.54 Å². The molecule has 1 aromatic rings. The normalized spacial score (nSPS) is 22.5. The molecule has 28 heavy (non-hydrogen) atoms. The summed E-state index contributed by atoms with van der Waals surface area (Å²) in [4.78, 5) is 12.1. The molecule has 5 nitrogen and oxygen atoms in total. The Morgan fingerprint density at radius 1 is 1.07 bits per heavy atom. The highest BCUT2D eigenvalue weighted by atomic mass is 16.7. The lowest BCUT2D eigenvalue weighted by Gasteiger charge is -2.42. The quantitative estimate of drug-likeness (QED) is 0.796. The molecule has 1 saturated heterocycles. The van der Waals surface area contributed by atoms with Gasteiger partial charge in [-0.3, -0.25) is 0 Å². The van der Waals surface area contributed by atoms with Crippen molar-refractivity contribution in [1.82, 2.24) is 5.32 Å². The number of carbonyl (C=O) groups excluding carboxylic acids is 1. The Kier molecular flexibility index (Phi) is 5.35. The number of alkyl carbamates (subject to hydrolysis) is 1. The average Bonchev–Trinajstić information content (AvgIpc) is 2.73. The molecule has 1 N–H and O–H groups in total. The number of carbonyl (C=O) groups is 1. The Morgan fingerprint density at radius 3 is 2.04 bits per heavy atom. The van der Waals surface area contributed by atoms with Crippen LogP contribution in [0.15, 0.2) is 24.3 Å². The Hall–Kier alpha value is -1.53. The standard InChI is InChI=1S/C22H34BNO4/c1-19(2,3)26-18(25)24-15-22(13-8-14-22)16-9-11-17(12-10-16)23-27-20(4,5)21(6,7)28-23/h9-12H,8,13-15H2,1-7H3,(H,24,25). The second-order valence-corrected chi connectivity index (χ2v) is 10.2. The van der Waals surface area contributed by atoms with E-state index in [2.05, 4.69) is 57.3 Å². The van der Waals surface area contributed by atoms with Crippen molar-refractivity contribution in [3.63, 3.8) is 0 Å². The lowest BCUT2D eigenvalue weighted by atomic mass is 9.64. The van der Waals surface area contributed by atoms with Crippen molar-refractivity contribution >= 4 is 18.7 Å². The first-order valence-electron chi connectivity index (χ1n) is 10.3. The monoisotopic (exact) mass is 387 g/mol. The van der Waals surface area contributed by atoms with E-state index in [-0.39, 0.29) is 29.8 Å². The van der Waals surface area contributed by atoms with Gasteiger partial charge >= 0.3 is 13.2 Å². The van der Waals surface area contributed by atoms with Gasteiger partial charge in [-0.25, -0.2) is 4.79 Å². The van der Waals surface area contributed by atoms with Gasteiger partial charge in [-0.15, -0.1) is 0 Å². The van der Waals surface area contributed by atoms with Gasteiger partial charge < -0.3 is 19.4 Å². The molecule has 6 heteroatoms. The second kappa shape index (κ2) is 7.07. The predicted octanol–water partition coefficient (Wildman–Crippen LogP) is 3.93. The fourth-order valence-corrected chi connectivity index (χ4v) is 3.70. The summed E-state index contributed by atoms with van der Waals surface area (Å²) in [5.41, 5.74) is 1.09. The molecule has 1 aromatic carbocycles. The van der Waals surface area contributed by atoms with Crippen LogP contribution in [0.25, 0.3) is 0 Å². The number of rotatable bonds is 4. The molecule has 154 valence electrons. The van der Waals surface area contributed by atoms with E-state index in [9.17, 15) is 4.79 Å². The fraction of sp³-hybridized carbons (Fsp3) is 0.682. The molecular weight excluding hydrogens is 353 g/mol. The van der Waals surface area contributed by atoms with E-state index in [1.165, 1.54) is 12.0 Å². The first-order chi connectivity index (χ1) is 12.8. The van der Waals surface area contributed by atoms with E-state index in [1.807, 2.05) is 20.8 Å². The van der Waals surface area contributed by atoms with Crippen LogP contribution >= 0.6 is 0 Å². The third-order valence-electron chi connectivity index (χ3n) is 6.33. The molecule has 3 rings (SSSR count). The van der Waals surface area contributed by atoms with Crippen LogP contribution in [0.5, 0.6) is 0 Å². The summed E-state index contributed by atoms with van der Waals surface area (Å²) in [6.45, 7) is 14.5. The van der Waals surface area contributed by atoms with Crippen molar-refractivity contribution in [2.24, 2.45) is 0 Å². The van der Waals surface area contributed by atoms with Crippen LogP contribution in [-0.2, 0) is 19.5 Å². The summed E-state index contributed by atoms with van der Waals surface area (Å²) in [6, 6.07) is 8.47.